The van der Waals surface area contributed by atoms with Crippen LogP contribution in [0.5, 0.6) is 0 Å². The van der Waals surface area contributed by atoms with Gasteiger partial charge in [0.05, 0.1) is 11.1 Å². The Labute approximate surface area is 128 Å². The third-order valence-electron chi connectivity index (χ3n) is 2.93. The van der Waals surface area contributed by atoms with E-state index >= 15 is 0 Å². The van der Waals surface area contributed by atoms with Crippen LogP contribution in [0.2, 0.25) is 0 Å². The molecule has 0 saturated carbocycles. The van der Waals surface area contributed by atoms with E-state index in [2.05, 4.69) is 15.6 Å². The summed E-state index contributed by atoms with van der Waals surface area (Å²) in [5.74, 6) is 0. The Balaban J connectivity index is 1.65. The second-order valence-electron chi connectivity index (χ2n) is 4.70. The molecule has 1 unspecified atom stereocenters. The molecule has 6 heteroatoms. The lowest BCUT2D eigenvalue weighted by Gasteiger charge is -2.12. The highest BCUT2D eigenvalue weighted by molar-refractivity contribution is 7.09. The Kier molecular flexibility index (Phi) is 5.71. The molecule has 5 nitrogen and oxygen atoms in total. The molecule has 0 bridgehead atoms. The first-order valence-corrected chi connectivity index (χ1v) is 7.69. The Bertz CT molecular complexity index is 571. The van der Waals surface area contributed by atoms with Crippen LogP contribution >= 0.6 is 11.3 Å². The van der Waals surface area contributed by atoms with Gasteiger partial charge in [0.25, 0.3) is 0 Å². The number of aromatic nitrogens is 1. The summed E-state index contributed by atoms with van der Waals surface area (Å²) >= 11 is 1.59. The minimum absolute atomic E-state index is 0.187. The van der Waals surface area contributed by atoms with Crippen molar-refractivity contribution in [1.29, 1.82) is 0 Å². The van der Waals surface area contributed by atoms with Crippen LogP contribution in [0.15, 0.2) is 35.7 Å². The zero-order valence-corrected chi connectivity index (χ0v) is 12.7. The number of amides is 2. The van der Waals surface area contributed by atoms with Gasteiger partial charge in [-0.15, -0.1) is 11.3 Å². The van der Waals surface area contributed by atoms with Gasteiger partial charge >= 0.3 is 6.03 Å². The van der Waals surface area contributed by atoms with E-state index < -0.39 is 6.10 Å². The number of aliphatic hydroxyl groups excluding tert-OH is 1. The highest BCUT2D eigenvalue weighted by atomic mass is 32.1. The number of carbonyl (C=O) groups excluding carboxylic acids is 1. The molecule has 21 heavy (non-hydrogen) atoms. The minimum atomic E-state index is -0.696. The molecule has 0 fully saturated rings. The fourth-order valence-electron chi connectivity index (χ4n) is 1.85. The number of carbonyl (C=O) groups is 1. The fourth-order valence-corrected chi connectivity index (χ4v) is 2.62. The summed E-state index contributed by atoms with van der Waals surface area (Å²) in [6.45, 7) is 2.66. The minimum Gasteiger partial charge on any atom is -0.387 e. The molecule has 1 atom stereocenters. The molecule has 0 aliphatic rings. The van der Waals surface area contributed by atoms with Crippen molar-refractivity contribution in [3.8, 4) is 0 Å². The van der Waals surface area contributed by atoms with Gasteiger partial charge in [0.1, 0.15) is 0 Å². The lowest BCUT2D eigenvalue weighted by Crippen LogP contribution is -2.38. The van der Waals surface area contributed by atoms with E-state index in [0.29, 0.717) is 13.0 Å². The number of urea groups is 1. The molecule has 1 aromatic heterocycles. The Hall–Kier alpha value is -1.92. The summed E-state index contributed by atoms with van der Waals surface area (Å²) in [4.78, 5) is 16.0. The van der Waals surface area contributed by atoms with E-state index in [1.54, 1.807) is 11.3 Å². The number of nitrogens with one attached hydrogen (secondary N) is 2. The number of aryl methyl sites for hydroxylation is 1. The van der Waals surface area contributed by atoms with Gasteiger partial charge in [-0.25, -0.2) is 9.78 Å². The first-order chi connectivity index (χ1) is 10.1. The van der Waals surface area contributed by atoms with E-state index in [1.165, 1.54) is 0 Å². The van der Waals surface area contributed by atoms with Crippen LogP contribution in [0.3, 0.4) is 0 Å². The second-order valence-corrected chi connectivity index (χ2v) is 5.64. The molecule has 0 radical (unpaired) electrons. The number of nitrogens with zero attached hydrogens (tertiary/aromatic N) is 1. The van der Waals surface area contributed by atoms with Crippen LogP contribution < -0.4 is 10.6 Å². The van der Waals surface area contributed by atoms with Crippen molar-refractivity contribution >= 4 is 17.4 Å². The molecule has 1 heterocycles. The summed E-state index contributed by atoms with van der Waals surface area (Å²) in [5.41, 5.74) is 1.79. The lowest BCUT2D eigenvalue weighted by molar-refractivity contribution is 0.173. The Morgan fingerprint density at radius 1 is 1.33 bits per heavy atom. The van der Waals surface area contributed by atoms with E-state index in [1.807, 2.05) is 42.6 Å². The van der Waals surface area contributed by atoms with Crippen molar-refractivity contribution in [1.82, 2.24) is 15.6 Å². The van der Waals surface area contributed by atoms with Crippen LogP contribution in [0.4, 0.5) is 4.79 Å². The van der Waals surface area contributed by atoms with Gasteiger partial charge in [-0.1, -0.05) is 30.3 Å². The van der Waals surface area contributed by atoms with Crippen LogP contribution in [0.1, 0.15) is 22.4 Å². The molecule has 112 valence electrons. The van der Waals surface area contributed by atoms with Gasteiger partial charge in [0, 0.05) is 30.6 Å². The number of thiazole rings is 1. The number of rotatable bonds is 6. The van der Waals surface area contributed by atoms with E-state index in [4.69, 9.17) is 0 Å². The fraction of sp³-hybridized carbons (Fsp3) is 0.333. The largest absolute Gasteiger partial charge is 0.387 e. The summed E-state index contributed by atoms with van der Waals surface area (Å²) in [6, 6.07) is 8.97. The summed E-state index contributed by atoms with van der Waals surface area (Å²) in [6.07, 6.45) is 0.0197. The molecular weight excluding hydrogens is 286 g/mol. The highest BCUT2D eigenvalue weighted by Gasteiger charge is 2.08. The van der Waals surface area contributed by atoms with Crippen LogP contribution in [0.25, 0.3) is 0 Å². The van der Waals surface area contributed by atoms with Crippen molar-refractivity contribution in [2.24, 2.45) is 0 Å². The predicted octanol–water partition coefficient (Wildman–Crippen LogP) is 2.03. The van der Waals surface area contributed by atoms with Gasteiger partial charge in [-0.3, -0.25) is 0 Å². The van der Waals surface area contributed by atoms with Gasteiger partial charge in [-0.2, -0.15) is 0 Å². The first-order valence-electron chi connectivity index (χ1n) is 6.81. The van der Waals surface area contributed by atoms with Crippen molar-refractivity contribution in [3.63, 3.8) is 0 Å². The Morgan fingerprint density at radius 2 is 2.10 bits per heavy atom. The molecule has 2 rings (SSSR count). The molecule has 0 spiro atoms. The third kappa shape index (κ3) is 5.17. The molecule has 3 N–H and O–H groups in total. The van der Waals surface area contributed by atoms with E-state index in [9.17, 15) is 9.90 Å². The number of hydrogen-bond acceptors (Lipinski definition) is 4. The maximum Gasteiger partial charge on any atom is 0.314 e. The first kappa shape index (κ1) is 15.5. The maximum absolute atomic E-state index is 11.6. The number of aliphatic hydroxyl groups is 1. The smallest absolute Gasteiger partial charge is 0.314 e. The van der Waals surface area contributed by atoms with Crippen LogP contribution in [-0.2, 0) is 6.42 Å². The van der Waals surface area contributed by atoms with Gasteiger partial charge in [0.2, 0.25) is 0 Å². The van der Waals surface area contributed by atoms with Crippen molar-refractivity contribution < 1.29 is 9.90 Å². The van der Waals surface area contributed by atoms with Crippen LogP contribution in [-0.4, -0.2) is 29.2 Å². The third-order valence-corrected chi connectivity index (χ3v) is 3.96. The molecule has 0 aliphatic carbocycles. The molecule has 2 amide bonds. The average molecular weight is 305 g/mol. The standard InChI is InChI=1S/C15H19N3O2S/c1-11-10-21-14(18-11)7-8-16-15(20)17-9-13(19)12-5-3-2-4-6-12/h2-6,10,13,19H,7-9H2,1H3,(H2,16,17,20). The summed E-state index contributed by atoms with van der Waals surface area (Å²) < 4.78 is 0. The zero-order chi connectivity index (χ0) is 15.1. The van der Waals surface area contributed by atoms with Crippen LogP contribution in [0, 0.1) is 6.92 Å². The quantitative estimate of drug-likeness (QED) is 0.764. The van der Waals surface area contributed by atoms with E-state index in [0.717, 1.165) is 16.3 Å². The van der Waals surface area contributed by atoms with E-state index in [-0.39, 0.29) is 12.6 Å². The molecular formula is C15H19N3O2S. The van der Waals surface area contributed by atoms with Gasteiger partial charge in [-0.05, 0) is 12.5 Å². The summed E-state index contributed by atoms with van der Waals surface area (Å²) in [7, 11) is 0. The molecule has 2 aromatic rings. The maximum atomic E-state index is 11.6. The Morgan fingerprint density at radius 3 is 2.76 bits per heavy atom. The monoisotopic (exact) mass is 305 g/mol. The highest BCUT2D eigenvalue weighted by Crippen LogP contribution is 2.10. The van der Waals surface area contributed by atoms with Crippen molar-refractivity contribution in [2.75, 3.05) is 13.1 Å². The van der Waals surface area contributed by atoms with Gasteiger partial charge < -0.3 is 15.7 Å². The number of benzene rings is 1. The molecule has 0 saturated heterocycles. The van der Waals surface area contributed by atoms with Crippen molar-refractivity contribution in [3.05, 3.63) is 52.0 Å². The van der Waals surface area contributed by atoms with Crippen molar-refractivity contribution in [2.45, 2.75) is 19.4 Å². The van der Waals surface area contributed by atoms with Gasteiger partial charge in [0.15, 0.2) is 0 Å². The topological polar surface area (TPSA) is 74.2 Å². The average Bonchev–Trinajstić information content (AvgIpc) is 2.91. The number of hydrogen-bond donors (Lipinski definition) is 3. The zero-order valence-electron chi connectivity index (χ0n) is 11.9. The second kappa shape index (κ2) is 7.75. The molecule has 0 aliphatic heterocycles. The summed E-state index contributed by atoms with van der Waals surface area (Å²) in [5, 5.41) is 18.3. The molecule has 1 aromatic carbocycles. The normalized spacial score (nSPS) is 11.9. The lowest BCUT2D eigenvalue weighted by atomic mass is 10.1. The SMILES string of the molecule is Cc1csc(CCNC(=O)NCC(O)c2ccccc2)n1. The predicted molar refractivity (Wildman–Crippen MR) is 83.4 cm³/mol.